The molecule has 0 aromatic heterocycles. The molecule has 6 heteroatoms. The zero-order valence-electron chi connectivity index (χ0n) is 9.87. The third-order valence-electron chi connectivity index (χ3n) is 2.98. The summed E-state index contributed by atoms with van der Waals surface area (Å²) in [6, 6.07) is 2.04. The number of benzene rings is 1. The molecule has 0 spiro atoms. The van der Waals surface area contributed by atoms with Gasteiger partial charge in [-0.25, -0.2) is 4.39 Å². The van der Waals surface area contributed by atoms with Crippen molar-refractivity contribution in [1.29, 1.82) is 0 Å². The zero-order valence-corrected chi connectivity index (χ0v) is 11.4. The number of hydrogen-bond donors (Lipinski definition) is 2. The highest BCUT2D eigenvalue weighted by atomic mass is 35.5. The molecule has 0 saturated heterocycles. The van der Waals surface area contributed by atoms with E-state index in [9.17, 15) is 9.18 Å². The number of amides is 1. The van der Waals surface area contributed by atoms with E-state index < -0.39 is 11.7 Å². The molecular formula is C13H12Cl2FNO2. The molecular weight excluding hydrogens is 292 g/mol. The van der Waals surface area contributed by atoms with Gasteiger partial charge in [0.25, 0.3) is 5.91 Å². The Bertz CT molecular complexity index is 534. The Morgan fingerprint density at radius 2 is 2.11 bits per heavy atom. The minimum atomic E-state index is -0.689. The van der Waals surface area contributed by atoms with Crippen LogP contribution in [0.25, 0.3) is 0 Å². The van der Waals surface area contributed by atoms with Gasteiger partial charge in [-0.2, -0.15) is 0 Å². The minimum Gasteiger partial charge on any atom is -0.396 e. The molecule has 1 aromatic rings. The van der Waals surface area contributed by atoms with Gasteiger partial charge in [-0.3, -0.25) is 4.79 Å². The van der Waals surface area contributed by atoms with Crippen LogP contribution in [0.1, 0.15) is 16.8 Å². The van der Waals surface area contributed by atoms with Gasteiger partial charge in [0, 0.05) is 18.6 Å². The van der Waals surface area contributed by atoms with Gasteiger partial charge in [0.15, 0.2) is 0 Å². The summed E-state index contributed by atoms with van der Waals surface area (Å²) in [5.74, 6) is -1.11. The molecule has 1 amide bonds. The Balaban J connectivity index is 2.09. The van der Waals surface area contributed by atoms with Crippen molar-refractivity contribution in [2.45, 2.75) is 12.5 Å². The lowest BCUT2D eigenvalue weighted by Gasteiger charge is -2.13. The number of nitrogens with one attached hydrogen (secondary N) is 1. The van der Waals surface area contributed by atoms with Crippen LogP contribution < -0.4 is 5.32 Å². The van der Waals surface area contributed by atoms with Gasteiger partial charge in [0.05, 0.1) is 15.6 Å². The Morgan fingerprint density at radius 1 is 1.37 bits per heavy atom. The lowest BCUT2D eigenvalue weighted by atomic mass is 10.1. The summed E-state index contributed by atoms with van der Waals surface area (Å²) in [7, 11) is 0. The van der Waals surface area contributed by atoms with Gasteiger partial charge in [-0.15, -0.1) is 0 Å². The molecule has 0 saturated carbocycles. The Kier molecular flexibility index (Phi) is 4.45. The number of aliphatic hydroxyl groups is 1. The number of halogens is 3. The van der Waals surface area contributed by atoms with Crippen molar-refractivity contribution < 1.29 is 14.3 Å². The van der Waals surface area contributed by atoms with Crippen molar-refractivity contribution in [2.24, 2.45) is 5.92 Å². The predicted molar refractivity (Wildman–Crippen MR) is 72.0 cm³/mol. The summed E-state index contributed by atoms with van der Waals surface area (Å²) < 4.78 is 13.3. The largest absolute Gasteiger partial charge is 0.396 e. The summed E-state index contributed by atoms with van der Waals surface area (Å²) in [4.78, 5) is 12.0. The summed E-state index contributed by atoms with van der Waals surface area (Å²) in [5.41, 5.74) is 0.0458. The molecule has 2 N–H and O–H groups in total. The lowest BCUT2D eigenvalue weighted by molar-refractivity contribution is 0.0941. The van der Waals surface area contributed by atoms with E-state index in [0.29, 0.717) is 6.42 Å². The highest BCUT2D eigenvalue weighted by Crippen LogP contribution is 2.25. The molecule has 0 unspecified atom stereocenters. The zero-order chi connectivity index (χ0) is 14.0. The van der Waals surface area contributed by atoms with Crippen molar-refractivity contribution in [3.8, 4) is 0 Å². The van der Waals surface area contributed by atoms with Crippen LogP contribution in [0.2, 0.25) is 10.0 Å². The van der Waals surface area contributed by atoms with E-state index in [-0.39, 0.29) is 34.2 Å². The topological polar surface area (TPSA) is 49.3 Å². The Labute approximate surface area is 120 Å². The average molecular weight is 304 g/mol. The monoisotopic (exact) mass is 303 g/mol. The second-order valence-corrected chi connectivity index (χ2v) is 5.20. The third kappa shape index (κ3) is 3.26. The third-order valence-corrected chi connectivity index (χ3v) is 3.58. The summed E-state index contributed by atoms with van der Waals surface area (Å²) in [6.45, 7) is 0.0409. The molecule has 0 fully saturated rings. The van der Waals surface area contributed by atoms with Crippen LogP contribution in [-0.4, -0.2) is 23.7 Å². The van der Waals surface area contributed by atoms with Crippen LogP contribution in [-0.2, 0) is 0 Å². The maximum atomic E-state index is 13.3. The Morgan fingerprint density at radius 3 is 2.74 bits per heavy atom. The standard InChI is InChI=1S/C13H12Cl2FNO2/c14-10-5-11(15)12(16)4-9(10)13(19)17-8-2-1-7(3-8)6-18/h1-2,4-5,7-8,18H,3,6H2,(H,17,19)/t7-,8+/m0/s1. The number of carbonyl (C=O) groups excluding carboxylic acids is 1. The van der Waals surface area contributed by atoms with E-state index in [0.717, 1.165) is 6.07 Å². The van der Waals surface area contributed by atoms with E-state index in [1.54, 1.807) is 6.08 Å². The van der Waals surface area contributed by atoms with Crippen LogP contribution in [0.15, 0.2) is 24.3 Å². The molecule has 0 heterocycles. The number of carbonyl (C=O) groups is 1. The highest BCUT2D eigenvalue weighted by Gasteiger charge is 2.22. The first kappa shape index (κ1) is 14.3. The van der Waals surface area contributed by atoms with E-state index in [1.807, 2.05) is 6.08 Å². The summed E-state index contributed by atoms with van der Waals surface area (Å²) >= 11 is 11.4. The molecule has 0 bridgehead atoms. The first-order valence-corrected chi connectivity index (χ1v) is 6.51. The van der Waals surface area contributed by atoms with Crippen molar-refractivity contribution in [3.63, 3.8) is 0 Å². The van der Waals surface area contributed by atoms with E-state index in [4.69, 9.17) is 28.3 Å². The highest BCUT2D eigenvalue weighted by molar-refractivity contribution is 6.36. The number of hydrogen-bond acceptors (Lipinski definition) is 2. The molecule has 1 aromatic carbocycles. The normalized spacial score (nSPS) is 21.7. The first-order valence-electron chi connectivity index (χ1n) is 5.76. The van der Waals surface area contributed by atoms with Crippen molar-refractivity contribution in [2.75, 3.05) is 6.61 Å². The predicted octanol–water partition coefficient (Wildman–Crippen LogP) is 2.80. The van der Waals surface area contributed by atoms with Gasteiger partial charge < -0.3 is 10.4 Å². The quantitative estimate of drug-likeness (QED) is 0.666. The fourth-order valence-electron chi connectivity index (χ4n) is 1.96. The fraction of sp³-hybridized carbons (Fsp3) is 0.308. The van der Waals surface area contributed by atoms with Gasteiger partial charge in [-0.05, 0) is 18.6 Å². The molecule has 1 aliphatic rings. The summed E-state index contributed by atoms with van der Waals surface area (Å²) in [5, 5.41) is 11.7. The van der Waals surface area contributed by atoms with E-state index in [1.165, 1.54) is 6.07 Å². The summed E-state index contributed by atoms with van der Waals surface area (Å²) in [6.07, 6.45) is 4.27. The molecule has 2 atom stereocenters. The maximum absolute atomic E-state index is 13.3. The fourth-order valence-corrected chi connectivity index (χ4v) is 2.43. The molecule has 2 rings (SSSR count). The van der Waals surface area contributed by atoms with Gasteiger partial charge in [0.1, 0.15) is 5.82 Å². The Hall–Kier alpha value is -1.10. The maximum Gasteiger partial charge on any atom is 0.253 e. The smallest absolute Gasteiger partial charge is 0.253 e. The van der Waals surface area contributed by atoms with E-state index in [2.05, 4.69) is 5.32 Å². The second-order valence-electron chi connectivity index (χ2n) is 4.39. The van der Waals surface area contributed by atoms with Crippen LogP contribution in [0.3, 0.4) is 0 Å². The van der Waals surface area contributed by atoms with Crippen LogP contribution in [0, 0.1) is 11.7 Å². The van der Waals surface area contributed by atoms with Crippen molar-refractivity contribution in [1.82, 2.24) is 5.32 Å². The molecule has 1 aliphatic carbocycles. The average Bonchev–Trinajstić information content (AvgIpc) is 2.81. The van der Waals surface area contributed by atoms with E-state index >= 15 is 0 Å². The van der Waals surface area contributed by atoms with Gasteiger partial charge in [0.2, 0.25) is 0 Å². The van der Waals surface area contributed by atoms with Gasteiger partial charge >= 0.3 is 0 Å². The van der Waals surface area contributed by atoms with Crippen molar-refractivity contribution in [3.05, 3.63) is 45.7 Å². The number of aliphatic hydroxyl groups excluding tert-OH is 1. The minimum absolute atomic E-state index is 0.0409. The number of rotatable bonds is 3. The second kappa shape index (κ2) is 5.90. The molecule has 0 aliphatic heterocycles. The molecule has 102 valence electrons. The van der Waals surface area contributed by atoms with Crippen molar-refractivity contribution >= 4 is 29.1 Å². The lowest BCUT2D eigenvalue weighted by Crippen LogP contribution is -2.33. The molecule has 0 radical (unpaired) electrons. The van der Waals surface area contributed by atoms with Crippen LogP contribution in [0.5, 0.6) is 0 Å². The molecule has 19 heavy (non-hydrogen) atoms. The van der Waals surface area contributed by atoms with Crippen LogP contribution in [0.4, 0.5) is 4.39 Å². The first-order chi connectivity index (χ1) is 9.01. The molecule has 3 nitrogen and oxygen atoms in total. The van der Waals surface area contributed by atoms with Gasteiger partial charge in [-0.1, -0.05) is 35.4 Å². The SMILES string of the molecule is O=C(N[C@@H]1C=C[C@H](CO)C1)c1cc(F)c(Cl)cc1Cl. The van der Waals surface area contributed by atoms with Crippen LogP contribution >= 0.6 is 23.2 Å².